The van der Waals surface area contributed by atoms with Gasteiger partial charge in [-0.25, -0.2) is 4.79 Å². The van der Waals surface area contributed by atoms with Gasteiger partial charge in [-0.1, -0.05) is 0 Å². The molecule has 0 radical (unpaired) electrons. The number of carboxylic acids is 1. The molecule has 1 fully saturated rings. The zero-order valence-electron chi connectivity index (χ0n) is 16.7. The van der Waals surface area contributed by atoms with Crippen molar-refractivity contribution >= 4 is 11.7 Å². The molecule has 1 aromatic carbocycles. The summed E-state index contributed by atoms with van der Waals surface area (Å²) in [5.74, 6) is -0.299. The minimum absolute atomic E-state index is 0.263. The van der Waals surface area contributed by atoms with Crippen molar-refractivity contribution in [2.45, 2.75) is 45.6 Å². The van der Waals surface area contributed by atoms with Crippen LogP contribution in [0.3, 0.4) is 0 Å². The first-order chi connectivity index (χ1) is 12.8. The van der Waals surface area contributed by atoms with Gasteiger partial charge in [-0.15, -0.1) is 0 Å². The summed E-state index contributed by atoms with van der Waals surface area (Å²) in [5.41, 5.74) is 2.08. The second kappa shape index (κ2) is 9.65. The summed E-state index contributed by atoms with van der Waals surface area (Å²) in [6.07, 6.45) is 2.53. The van der Waals surface area contributed by atoms with E-state index in [1.165, 1.54) is 0 Å². The number of aromatic carboxylic acids is 1. The molecule has 1 aliphatic rings. The predicted molar refractivity (Wildman–Crippen MR) is 107 cm³/mol. The number of nitrogens with one attached hydrogen (secondary N) is 1. The van der Waals surface area contributed by atoms with Crippen molar-refractivity contribution in [2.75, 3.05) is 37.7 Å². The minimum Gasteiger partial charge on any atom is -0.478 e. The zero-order valence-corrected chi connectivity index (χ0v) is 16.7. The molecule has 6 heteroatoms. The highest BCUT2D eigenvalue weighted by atomic mass is 16.5. The van der Waals surface area contributed by atoms with Gasteiger partial charge in [0.25, 0.3) is 0 Å². The van der Waals surface area contributed by atoms with E-state index < -0.39 is 5.97 Å². The quantitative estimate of drug-likeness (QED) is 0.508. The number of carboxylic acid groups (broad SMARTS) is 1. The maximum absolute atomic E-state index is 11.5. The Balaban J connectivity index is 1.88. The summed E-state index contributed by atoms with van der Waals surface area (Å²) in [6, 6.07) is 5.64. The van der Waals surface area contributed by atoms with Gasteiger partial charge in [0.05, 0.1) is 18.8 Å². The average Bonchev–Trinajstić information content (AvgIpc) is 2.60. The lowest BCUT2D eigenvalue weighted by molar-refractivity contribution is 0.0415. The monoisotopic (exact) mass is 376 g/mol. The van der Waals surface area contributed by atoms with Crippen molar-refractivity contribution in [1.29, 1.82) is 0 Å². The molecule has 27 heavy (non-hydrogen) atoms. The molecule has 1 aromatic rings. The Morgan fingerprint density at radius 1 is 1.30 bits per heavy atom. The van der Waals surface area contributed by atoms with Crippen molar-refractivity contribution in [2.24, 2.45) is 0 Å². The van der Waals surface area contributed by atoms with Gasteiger partial charge in [0.1, 0.15) is 5.60 Å². The Labute approximate surface area is 162 Å². The van der Waals surface area contributed by atoms with Gasteiger partial charge in [-0.05, 0) is 70.4 Å². The van der Waals surface area contributed by atoms with Crippen LogP contribution in [0.5, 0.6) is 0 Å². The predicted octanol–water partition coefficient (Wildman–Crippen LogP) is 3.42. The van der Waals surface area contributed by atoms with Crippen molar-refractivity contribution in [3.8, 4) is 0 Å². The van der Waals surface area contributed by atoms with Crippen molar-refractivity contribution in [3.05, 3.63) is 41.8 Å². The minimum atomic E-state index is -0.872. The van der Waals surface area contributed by atoms with Crippen LogP contribution in [0.4, 0.5) is 5.69 Å². The molecule has 0 aliphatic carbocycles. The standard InChI is InChI=1S/C21H32N2O4/c1-16(27-21(2,3)4)22-10-6-5-7-17-15-18(8-9-19(17)20(24)25)23-11-13-26-14-12-23/h8-9,15,22H,1,5-7,10-14H2,2-4H3,(H,24,25). The molecule has 6 nitrogen and oxygen atoms in total. The van der Waals surface area contributed by atoms with E-state index in [2.05, 4.69) is 16.8 Å². The summed E-state index contributed by atoms with van der Waals surface area (Å²) in [4.78, 5) is 13.8. The van der Waals surface area contributed by atoms with Gasteiger partial charge in [0, 0.05) is 25.3 Å². The van der Waals surface area contributed by atoms with Crippen LogP contribution < -0.4 is 10.2 Å². The second-order valence-electron chi connectivity index (χ2n) is 7.77. The van der Waals surface area contributed by atoms with Crippen LogP contribution in [-0.4, -0.2) is 49.5 Å². The maximum atomic E-state index is 11.5. The van der Waals surface area contributed by atoms with E-state index in [1.54, 1.807) is 6.07 Å². The molecule has 1 heterocycles. The average molecular weight is 376 g/mol. The van der Waals surface area contributed by atoms with Gasteiger partial charge in [-0.2, -0.15) is 0 Å². The Kier molecular flexibility index (Phi) is 7.54. The summed E-state index contributed by atoms with van der Waals surface area (Å²) < 4.78 is 11.0. The van der Waals surface area contributed by atoms with E-state index in [0.29, 0.717) is 24.7 Å². The summed E-state index contributed by atoms with van der Waals surface area (Å²) in [7, 11) is 0. The molecule has 0 aromatic heterocycles. The number of nitrogens with zero attached hydrogens (tertiary/aromatic N) is 1. The molecule has 150 valence electrons. The number of carbonyl (C=O) groups is 1. The molecule has 0 atom stereocenters. The number of ether oxygens (including phenoxy) is 2. The fourth-order valence-corrected chi connectivity index (χ4v) is 3.09. The number of hydrogen-bond donors (Lipinski definition) is 2. The van der Waals surface area contributed by atoms with E-state index in [0.717, 1.165) is 50.1 Å². The third kappa shape index (κ3) is 7.13. The number of hydrogen-bond acceptors (Lipinski definition) is 5. The number of unbranched alkanes of at least 4 members (excludes halogenated alkanes) is 1. The summed E-state index contributed by atoms with van der Waals surface area (Å²) >= 11 is 0. The highest BCUT2D eigenvalue weighted by molar-refractivity contribution is 5.90. The lowest BCUT2D eigenvalue weighted by Crippen LogP contribution is -2.36. The van der Waals surface area contributed by atoms with E-state index in [4.69, 9.17) is 9.47 Å². The van der Waals surface area contributed by atoms with Crippen LogP contribution in [-0.2, 0) is 15.9 Å². The van der Waals surface area contributed by atoms with Gasteiger partial charge < -0.3 is 24.8 Å². The molecule has 0 spiro atoms. The largest absolute Gasteiger partial charge is 0.478 e. The third-order valence-corrected chi connectivity index (χ3v) is 4.32. The molecular weight excluding hydrogens is 344 g/mol. The lowest BCUT2D eigenvalue weighted by atomic mass is 10.0. The fraction of sp³-hybridized carbons (Fsp3) is 0.571. The Morgan fingerprint density at radius 3 is 2.63 bits per heavy atom. The normalized spacial score (nSPS) is 14.7. The second-order valence-corrected chi connectivity index (χ2v) is 7.77. The lowest BCUT2D eigenvalue weighted by Gasteiger charge is -2.29. The Morgan fingerprint density at radius 2 is 2.00 bits per heavy atom. The molecular formula is C21H32N2O4. The highest BCUT2D eigenvalue weighted by Gasteiger charge is 2.16. The third-order valence-electron chi connectivity index (χ3n) is 4.32. The van der Waals surface area contributed by atoms with Gasteiger partial charge in [-0.3, -0.25) is 0 Å². The number of rotatable bonds is 9. The molecule has 1 saturated heterocycles. The first-order valence-corrected chi connectivity index (χ1v) is 9.57. The van der Waals surface area contributed by atoms with Crippen molar-refractivity contribution in [3.63, 3.8) is 0 Å². The fourth-order valence-electron chi connectivity index (χ4n) is 3.09. The number of aryl methyl sites for hydroxylation is 1. The smallest absolute Gasteiger partial charge is 0.335 e. The van der Waals surface area contributed by atoms with Gasteiger partial charge >= 0.3 is 5.97 Å². The first kappa shape index (κ1) is 21.1. The molecule has 2 N–H and O–H groups in total. The number of morpholine rings is 1. The molecule has 0 bridgehead atoms. The van der Waals surface area contributed by atoms with Crippen LogP contribution in [0.2, 0.25) is 0 Å². The van der Waals surface area contributed by atoms with Crippen molar-refractivity contribution in [1.82, 2.24) is 5.32 Å². The molecule has 2 rings (SSSR count). The van der Waals surface area contributed by atoms with E-state index >= 15 is 0 Å². The summed E-state index contributed by atoms with van der Waals surface area (Å²) in [6.45, 7) is 13.7. The van der Waals surface area contributed by atoms with E-state index in [-0.39, 0.29) is 5.60 Å². The van der Waals surface area contributed by atoms with Gasteiger partial charge in [0.15, 0.2) is 5.88 Å². The maximum Gasteiger partial charge on any atom is 0.335 e. The molecule has 0 unspecified atom stereocenters. The van der Waals surface area contributed by atoms with Crippen molar-refractivity contribution < 1.29 is 19.4 Å². The van der Waals surface area contributed by atoms with Crippen LogP contribution in [0, 0.1) is 0 Å². The van der Waals surface area contributed by atoms with Crippen LogP contribution in [0.1, 0.15) is 49.5 Å². The number of benzene rings is 1. The van der Waals surface area contributed by atoms with Crippen LogP contribution in [0.15, 0.2) is 30.7 Å². The SMILES string of the molecule is C=C(NCCCCc1cc(N2CCOCC2)ccc1C(=O)O)OC(C)(C)C. The van der Waals surface area contributed by atoms with Crippen LogP contribution >= 0.6 is 0 Å². The summed E-state index contributed by atoms with van der Waals surface area (Å²) in [5, 5.41) is 12.6. The topological polar surface area (TPSA) is 71.0 Å². The Hall–Kier alpha value is -2.21. The molecule has 0 amide bonds. The molecule has 0 saturated carbocycles. The zero-order chi connectivity index (χ0) is 19.9. The first-order valence-electron chi connectivity index (χ1n) is 9.57. The van der Waals surface area contributed by atoms with E-state index in [1.807, 2.05) is 32.9 Å². The highest BCUT2D eigenvalue weighted by Crippen LogP contribution is 2.22. The Bertz CT molecular complexity index is 646. The molecule has 1 aliphatic heterocycles. The number of anilines is 1. The van der Waals surface area contributed by atoms with E-state index in [9.17, 15) is 9.90 Å². The van der Waals surface area contributed by atoms with Gasteiger partial charge in [0.2, 0.25) is 0 Å². The van der Waals surface area contributed by atoms with Crippen LogP contribution in [0.25, 0.3) is 0 Å².